The number of amides is 3. The summed E-state index contributed by atoms with van der Waals surface area (Å²) in [7, 11) is 1.60. The van der Waals surface area contributed by atoms with Crippen molar-refractivity contribution in [2.24, 2.45) is 5.73 Å². The monoisotopic (exact) mass is 501 g/mol. The quantitative estimate of drug-likeness (QED) is 0.522. The van der Waals surface area contributed by atoms with Gasteiger partial charge in [-0.3, -0.25) is 19.3 Å². The summed E-state index contributed by atoms with van der Waals surface area (Å²) < 4.78 is 13.2. The second-order valence-corrected chi connectivity index (χ2v) is 9.12. The van der Waals surface area contributed by atoms with Crippen LogP contribution in [0.1, 0.15) is 24.0 Å². The van der Waals surface area contributed by atoms with E-state index in [0.717, 1.165) is 11.1 Å². The van der Waals surface area contributed by atoms with Crippen molar-refractivity contribution < 1.29 is 18.8 Å². The topological polar surface area (TPSA) is 95.7 Å². The van der Waals surface area contributed by atoms with Crippen LogP contribution in [0.3, 0.4) is 0 Å². The van der Waals surface area contributed by atoms with Gasteiger partial charge < -0.3 is 16.0 Å². The zero-order valence-electron chi connectivity index (χ0n) is 19.8. The van der Waals surface area contributed by atoms with E-state index in [-0.39, 0.29) is 30.1 Å². The molecule has 0 aromatic heterocycles. The maximum atomic E-state index is 13.2. The third-order valence-corrected chi connectivity index (χ3v) is 6.53. The summed E-state index contributed by atoms with van der Waals surface area (Å²) in [5.74, 6) is -1.03. The van der Waals surface area contributed by atoms with Gasteiger partial charge in [-0.15, -0.1) is 0 Å². The molecule has 0 aliphatic carbocycles. The van der Waals surface area contributed by atoms with Crippen LogP contribution in [0.2, 0.25) is 5.02 Å². The van der Waals surface area contributed by atoms with Crippen molar-refractivity contribution in [2.45, 2.75) is 37.8 Å². The Bertz CT molecular complexity index is 1020. The highest BCUT2D eigenvalue weighted by Crippen LogP contribution is 2.21. The van der Waals surface area contributed by atoms with Crippen LogP contribution in [-0.2, 0) is 27.2 Å². The van der Waals surface area contributed by atoms with Crippen molar-refractivity contribution in [3.8, 4) is 0 Å². The molecule has 1 radical (unpaired) electrons. The highest BCUT2D eigenvalue weighted by Gasteiger charge is 2.35. The van der Waals surface area contributed by atoms with Gasteiger partial charge in [0, 0.05) is 44.2 Å². The molecule has 3 rings (SSSR count). The maximum absolute atomic E-state index is 13.2. The Kier molecular flexibility index (Phi) is 9.63. The minimum absolute atomic E-state index is 0.115. The average Bonchev–Trinajstić information content (AvgIpc) is 2.86. The first-order valence-electron chi connectivity index (χ1n) is 11.6. The van der Waals surface area contributed by atoms with Gasteiger partial charge in [0.25, 0.3) is 0 Å². The van der Waals surface area contributed by atoms with Crippen molar-refractivity contribution in [2.75, 3.05) is 26.7 Å². The second-order valence-electron chi connectivity index (χ2n) is 8.68. The maximum Gasteiger partial charge on any atom is 0.237 e. The summed E-state index contributed by atoms with van der Waals surface area (Å²) in [6.07, 6.45) is 2.98. The Morgan fingerprint density at radius 2 is 1.77 bits per heavy atom. The number of piperazine rings is 1. The summed E-state index contributed by atoms with van der Waals surface area (Å²) in [6.45, 7) is 1.36. The number of hydrogen-bond acceptors (Lipinski definition) is 4. The van der Waals surface area contributed by atoms with E-state index in [0.29, 0.717) is 43.9 Å². The van der Waals surface area contributed by atoms with Crippen LogP contribution < -0.4 is 11.1 Å². The van der Waals surface area contributed by atoms with E-state index in [1.807, 2.05) is 12.1 Å². The normalized spacial score (nSPS) is 17.1. The van der Waals surface area contributed by atoms with Gasteiger partial charge in [0.05, 0.1) is 12.5 Å². The lowest BCUT2D eigenvalue weighted by molar-refractivity contribution is -0.136. The molecule has 0 saturated carbocycles. The molecule has 2 atom stereocenters. The van der Waals surface area contributed by atoms with Gasteiger partial charge in [0.1, 0.15) is 5.82 Å². The number of benzene rings is 2. The molecule has 1 saturated heterocycles. The Morgan fingerprint density at radius 3 is 2.40 bits per heavy atom. The van der Waals surface area contributed by atoms with Gasteiger partial charge in [0.2, 0.25) is 17.7 Å². The minimum Gasteiger partial charge on any atom is -0.370 e. The van der Waals surface area contributed by atoms with Crippen LogP contribution in [0.25, 0.3) is 0 Å². The SMILES string of the molecule is CNC(=O)C(Cc1ccc(Cl)cc1)N1CCN(C(=O)[CH]Cc2ccc(F)cc2)C(CCC(N)=O)C1. The third-order valence-electron chi connectivity index (χ3n) is 6.28. The number of hydrogen-bond donors (Lipinski definition) is 2. The molecule has 7 nitrogen and oxygen atoms in total. The molecule has 0 spiro atoms. The molecule has 1 heterocycles. The van der Waals surface area contributed by atoms with Crippen molar-refractivity contribution in [1.82, 2.24) is 15.1 Å². The lowest BCUT2D eigenvalue weighted by Crippen LogP contribution is -2.60. The highest BCUT2D eigenvalue weighted by atomic mass is 35.5. The molecule has 35 heavy (non-hydrogen) atoms. The molecular weight excluding hydrogens is 471 g/mol. The molecule has 2 unspecified atom stereocenters. The molecule has 2 aromatic rings. The molecule has 0 bridgehead atoms. The van der Waals surface area contributed by atoms with E-state index in [1.165, 1.54) is 12.1 Å². The number of primary amides is 1. The highest BCUT2D eigenvalue weighted by molar-refractivity contribution is 6.30. The van der Waals surface area contributed by atoms with Gasteiger partial charge in [-0.25, -0.2) is 4.39 Å². The fourth-order valence-electron chi connectivity index (χ4n) is 4.35. The Morgan fingerprint density at radius 1 is 1.11 bits per heavy atom. The summed E-state index contributed by atoms with van der Waals surface area (Å²) in [6, 6.07) is 12.7. The number of carbonyl (C=O) groups excluding carboxylic acids is 3. The predicted molar refractivity (Wildman–Crippen MR) is 133 cm³/mol. The van der Waals surface area contributed by atoms with Crippen molar-refractivity contribution in [1.29, 1.82) is 0 Å². The zero-order chi connectivity index (χ0) is 25.4. The fourth-order valence-corrected chi connectivity index (χ4v) is 4.48. The van der Waals surface area contributed by atoms with E-state index < -0.39 is 11.9 Å². The van der Waals surface area contributed by atoms with Crippen LogP contribution in [0, 0.1) is 12.2 Å². The second kappa shape index (κ2) is 12.7. The van der Waals surface area contributed by atoms with E-state index in [2.05, 4.69) is 10.2 Å². The molecule has 1 fully saturated rings. The number of likely N-dealkylation sites (N-methyl/N-ethyl adjacent to an activating group) is 1. The number of halogens is 2. The Labute approximate surface area is 210 Å². The lowest BCUT2D eigenvalue weighted by Gasteiger charge is -2.44. The molecule has 1 aliphatic rings. The molecule has 3 amide bonds. The van der Waals surface area contributed by atoms with Gasteiger partial charge in [-0.1, -0.05) is 35.9 Å². The predicted octanol–water partition coefficient (Wildman–Crippen LogP) is 2.36. The molecule has 3 N–H and O–H groups in total. The van der Waals surface area contributed by atoms with E-state index in [1.54, 1.807) is 42.6 Å². The summed E-state index contributed by atoms with van der Waals surface area (Å²) in [5, 5.41) is 3.37. The van der Waals surface area contributed by atoms with Crippen LogP contribution in [-0.4, -0.2) is 66.3 Å². The van der Waals surface area contributed by atoms with Crippen LogP contribution in [0.4, 0.5) is 4.39 Å². The number of carbonyl (C=O) groups is 3. The molecular formula is C26H31ClFN4O3. The van der Waals surface area contributed by atoms with Gasteiger partial charge in [-0.05, 0) is 54.7 Å². The minimum atomic E-state index is -0.436. The number of nitrogens with zero attached hydrogens (tertiary/aromatic N) is 2. The first kappa shape index (κ1) is 26.6. The van der Waals surface area contributed by atoms with E-state index >= 15 is 0 Å². The lowest BCUT2D eigenvalue weighted by atomic mass is 9.99. The first-order chi connectivity index (χ1) is 16.8. The summed E-state index contributed by atoms with van der Waals surface area (Å²) in [4.78, 5) is 41.1. The molecule has 2 aromatic carbocycles. The fraction of sp³-hybridized carbons (Fsp3) is 0.385. The van der Waals surface area contributed by atoms with Crippen molar-refractivity contribution in [3.05, 3.63) is 76.9 Å². The molecule has 187 valence electrons. The van der Waals surface area contributed by atoms with Gasteiger partial charge >= 0.3 is 0 Å². The van der Waals surface area contributed by atoms with Gasteiger partial charge in [-0.2, -0.15) is 0 Å². The summed E-state index contributed by atoms with van der Waals surface area (Å²) in [5.41, 5.74) is 7.19. The average molecular weight is 502 g/mol. The Hall–Kier alpha value is -2.97. The molecule has 9 heteroatoms. The summed E-state index contributed by atoms with van der Waals surface area (Å²) >= 11 is 6.00. The van der Waals surface area contributed by atoms with Crippen LogP contribution >= 0.6 is 11.6 Å². The number of nitrogens with two attached hydrogens (primary N) is 1. The van der Waals surface area contributed by atoms with E-state index in [9.17, 15) is 18.8 Å². The smallest absolute Gasteiger partial charge is 0.237 e. The Balaban J connectivity index is 1.71. The largest absolute Gasteiger partial charge is 0.370 e. The van der Waals surface area contributed by atoms with Crippen LogP contribution in [0.15, 0.2) is 48.5 Å². The van der Waals surface area contributed by atoms with Crippen molar-refractivity contribution >= 4 is 29.3 Å². The number of nitrogens with one attached hydrogen (secondary N) is 1. The number of rotatable bonds is 10. The van der Waals surface area contributed by atoms with Gasteiger partial charge in [0.15, 0.2) is 0 Å². The van der Waals surface area contributed by atoms with Crippen molar-refractivity contribution in [3.63, 3.8) is 0 Å². The first-order valence-corrected chi connectivity index (χ1v) is 12.0. The zero-order valence-corrected chi connectivity index (χ0v) is 20.5. The third kappa shape index (κ3) is 7.77. The van der Waals surface area contributed by atoms with E-state index in [4.69, 9.17) is 17.3 Å². The molecule has 1 aliphatic heterocycles. The van der Waals surface area contributed by atoms with Crippen LogP contribution in [0.5, 0.6) is 0 Å². The standard InChI is InChI=1S/C26H31ClFN4O3/c1-30-26(35)23(16-19-2-7-20(27)8-3-19)31-14-15-32(22(17-31)11-12-24(29)33)25(34)13-6-18-4-9-21(28)10-5-18/h2-5,7-10,13,22-23H,6,11-12,14-17H2,1H3,(H2,29,33)(H,30,35).